The van der Waals surface area contributed by atoms with E-state index in [0.717, 1.165) is 24.2 Å². The number of hydrogen-bond acceptors (Lipinski definition) is 2. The zero-order valence-corrected chi connectivity index (χ0v) is 12.8. The second kappa shape index (κ2) is 6.20. The molecule has 0 spiro atoms. The molecule has 0 aliphatic heterocycles. The van der Waals surface area contributed by atoms with E-state index in [1.807, 2.05) is 11.4 Å². The van der Waals surface area contributed by atoms with Crippen molar-refractivity contribution >= 4 is 11.3 Å². The van der Waals surface area contributed by atoms with Gasteiger partial charge in [-0.05, 0) is 29.1 Å². The van der Waals surface area contributed by atoms with Crippen LogP contribution in [-0.2, 0) is 18.1 Å². The largest absolute Gasteiger partial charge is 0.416 e. The lowest BCUT2D eigenvalue weighted by molar-refractivity contribution is -0.137. The van der Waals surface area contributed by atoms with Crippen LogP contribution in [0, 0.1) is 0 Å². The Morgan fingerprint density at radius 1 is 1.05 bits per heavy atom. The van der Waals surface area contributed by atoms with E-state index in [0.29, 0.717) is 6.54 Å². The van der Waals surface area contributed by atoms with Crippen LogP contribution in [0.25, 0.3) is 0 Å². The Labute approximate surface area is 126 Å². The van der Waals surface area contributed by atoms with Gasteiger partial charge < -0.3 is 5.32 Å². The maximum Gasteiger partial charge on any atom is 0.416 e. The van der Waals surface area contributed by atoms with Crippen LogP contribution in [0.3, 0.4) is 0 Å². The maximum atomic E-state index is 12.5. The Kier molecular flexibility index (Phi) is 4.74. The number of halogens is 3. The summed E-state index contributed by atoms with van der Waals surface area (Å²) in [5.74, 6) is 0. The fraction of sp³-hybridized carbons (Fsp3) is 0.375. The average molecular weight is 313 g/mol. The van der Waals surface area contributed by atoms with Crippen molar-refractivity contribution in [3.05, 3.63) is 57.8 Å². The lowest BCUT2D eigenvalue weighted by atomic mass is 9.91. The first-order chi connectivity index (χ1) is 9.79. The minimum Gasteiger partial charge on any atom is -0.312 e. The minimum atomic E-state index is -4.27. The summed E-state index contributed by atoms with van der Waals surface area (Å²) in [6, 6.07) is 9.42. The molecule has 0 amide bonds. The molecule has 2 aromatic rings. The molecular formula is C16H18F3NS. The van der Waals surface area contributed by atoms with Gasteiger partial charge in [0.15, 0.2) is 0 Å². The van der Waals surface area contributed by atoms with Crippen molar-refractivity contribution in [1.82, 2.24) is 5.32 Å². The van der Waals surface area contributed by atoms with Gasteiger partial charge >= 0.3 is 6.18 Å². The van der Waals surface area contributed by atoms with Crippen LogP contribution in [0.2, 0.25) is 0 Å². The van der Waals surface area contributed by atoms with Crippen molar-refractivity contribution in [2.24, 2.45) is 0 Å². The normalized spacial score (nSPS) is 12.6. The number of alkyl halides is 3. The quantitative estimate of drug-likeness (QED) is 0.833. The molecule has 0 saturated carbocycles. The number of hydrogen-bond donors (Lipinski definition) is 1. The average Bonchev–Trinajstić information content (AvgIpc) is 2.92. The van der Waals surface area contributed by atoms with E-state index in [1.54, 1.807) is 11.3 Å². The van der Waals surface area contributed by atoms with Gasteiger partial charge in [0.05, 0.1) is 5.56 Å². The molecule has 0 saturated heterocycles. The summed E-state index contributed by atoms with van der Waals surface area (Å²) in [6.45, 7) is 5.64. The molecule has 5 heteroatoms. The molecule has 0 aliphatic rings. The second-order valence-electron chi connectivity index (χ2n) is 5.66. The molecule has 0 unspecified atom stereocenters. The van der Waals surface area contributed by atoms with E-state index >= 15 is 0 Å². The Hall–Kier alpha value is -1.33. The lowest BCUT2D eigenvalue weighted by Crippen LogP contribution is -2.31. The van der Waals surface area contributed by atoms with Crippen molar-refractivity contribution in [2.45, 2.75) is 32.0 Å². The van der Waals surface area contributed by atoms with Crippen LogP contribution < -0.4 is 5.32 Å². The monoisotopic (exact) mass is 313 g/mol. The molecule has 1 nitrogen and oxygen atoms in total. The van der Waals surface area contributed by atoms with Gasteiger partial charge in [-0.2, -0.15) is 13.2 Å². The minimum absolute atomic E-state index is 0.0140. The third-order valence-corrected chi connectivity index (χ3v) is 4.60. The van der Waals surface area contributed by atoms with Crippen LogP contribution in [-0.4, -0.2) is 6.54 Å². The fourth-order valence-electron chi connectivity index (χ4n) is 2.08. The van der Waals surface area contributed by atoms with Gasteiger partial charge in [0.1, 0.15) is 0 Å². The molecule has 0 radical (unpaired) electrons. The number of thiophene rings is 1. The summed E-state index contributed by atoms with van der Waals surface area (Å²) < 4.78 is 37.4. The first-order valence-corrected chi connectivity index (χ1v) is 7.58. The highest BCUT2D eigenvalue weighted by atomic mass is 32.1. The van der Waals surface area contributed by atoms with Crippen LogP contribution in [0.1, 0.15) is 29.9 Å². The van der Waals surface area contributed by atoms with Gasteiger partial charge in [-0.25, -0.2) is 0 Å². The molecule has 0 aliphatic carbocycles. The Morgan fingerprint density at radius 3 is 2.24 bits per heavy atom. The molecule has 1 heterocycles. The highest BCUT2D eigenvalue weighted by Crippen LogP contribution is 2.29. The first kappa shape index (κ1) is 16.0. The molecule has 114 valence electrons. The standard InChI is InChI=1S/C16H18F3NS/c1-15(2,14-4-3-9-21-14)11-20-10-12-5-7-13(8-6-12)16(17,18)19/h3-9,20H,10-11H2,1-2H3. The summed E-state index contributed by atoms with van der Waals surface area (Å²) in [6.07, 6.45) is -4.27. The summed E-state index contributed by atoms with van der Waals surface area (Å²) >= 11 is 1.72. The third-order valence-electron chi connectivity index (χ3n) is 3.37. The van der Waals surface area contributed by atoms with Crippen LogP contribution in [0.5, 0.6) is 0 Å². The van der Waals surface area contributed by atoms with Gasteiger partial charge in [0.2, 0.25) is 0 Å². The molecular weight excluding hydrogens is 295 g/mol. The smallest absolute Gasteiger partial charge is 0.312 e. The van der Waals surface area contributed by atoms with Crippen molar-refractivity contribution in [1.29, 1.82) is 0 Å². The fourth-order valence-corrected chi connectivity index (χ4v) is 2.93. The lowest BCUT2D eigenvalue weighted by Gasteiger charge is -2.23. The van der Waals surface area contributed by atoms with E-state index in [1.165, 1.54) is 17.0 Å². The van der Waals surface area contributed by atoms with Crippen LogP contribution in [0.4, 0.5) is 13.2 Å². The molecule has 0 bridgehead atoms. The van der Waals surface area contributed by atoms with Gasteiger partial charge in [-0.1, -0.05) is 32.0 Å². The highest BCUT2D eigenvalue weighted by Gasteiger charge is 2.29. The Balaban J connectivity index is 1.89. The topological polar surface area (TPSA) is 12.0 Å². The molecule has 1 N–H and O–H groups in total. The van der Waals surface area contributed by atoms with Crippen molar-refractivity contribution in [3.63, 3.8) is 0 Å². The maximum absolute atomic E-state index is 12.5. The van der Waals surface area contributed by atoms with Gasteiger partial charge in [0, 0.05) is 23.4 Å². The van der Waals surface area contributed by atoms with Crippen LogP contribution in [0.15, 0.2) is 41.8 Å². The van der Waals surface area contributed by atoms with Gasteiger partial charge in [-0.3, -0.25) is 0 Å². The summed E-state index contributed by atoms with van der Waals surface area (Å²) in [5.41, 5.74) is 0.259. The molecule has 1 aromatic heterocycles. The van der Waals surface area contributed by atoms with Crippen molar-refractivity contribution in [3.8, 4) is 0 Å². The molecule has 2 rings (SSSR count). The van der Waals surface area contributed by atoms with E-state index in [9.17, 15) is 13.2 Å². The number of benzene rings is 1. The number of rotatable bonds is 5. The third kappa shape index (κ3) is 4.32. The number of nitrogens with one attached hydrogen (secondary N) is 1. The predicted octanol–water partition coefficient (Wildman–Crippen LogP) is 4.83. The zero-order chi connectivity index (χ0) is 15.5. The predicted molar refractivity (Wildman–Crippen MR) is 80.5 cm³/mol. The van der Waals surface area contributed by atoms with Gasteiger partial charge in [-0.15, -0.1) is 11.3 Å². The molecule has 21 heavy (non-hydrogen) atoms. The highest BCUT2D eigenvalue weighted by molar-refractivity contribution is 7.10. The first-order valence-electron chi connectivity index (χ1n) is 6.70. The summed E-state index contributed by atoms with van der Waals surface area (Å²) in [7, 11) is 0. The van der Waals surface area contributed by atoms with Gasteiger partial charge in [0.25, 0.3) is 0 Å². The summed E-state index contributed by atoms with van der Waals surface area (Å²) in [5, 5.41) is 5.36. The van der Waals surface area contributed by atoms with Crippen molar-refractivity contribution in [2.75, 3.05) is 6.54 Å². The van der Waals surface area contributed by atoms with E-state index < -0.39 is 11.7 Å². The zero-order valence-electron chi connectivity index (χ0n) is 12.0. The molecule has 0 atom stereocenters. The molecule has 0 fully saturated rings. The van der Waals surface area contributed by atoms with E-state index in [2.05, 4.69) is 25.2 Å². The summed E-state index contributed by atoms with van der Waals surface area (Å²) in [4.78, 5) is 1.29. The van der Waals surface area contributed by atoms with Crippen LogP contribution >= 0.6 is 11.3 Å². The second-order valence-corrected chi connectivity index (χ2v) is 6.61. The Bertz CT molecular complexity index is 556. The Morgan fingerprint density at radius 2 is 1.71 bits per heavy atom. The SMILES string of the molecule is CC(C)(CNCc1ccc(C(F)(F)F)cc1)c1cccs1. The van der Waals surface area contributed by atoms with E-state index in [-0.39, 0.29) is 5.41 Å². The molecule has 1 aromatic carbocycles. The van der Waals surface area contributed by atoms with Crippen molar-refractivity contribution < 1.29 is 13.2 Å². The van der Waals surface area contributed by atoms with E-state index in [4.69, 9.17) is 0 Å².